The fourth-order valence-electron chi connectivity index (χ4n) is 1.91. The van der Waals surface area contributed by atoms with Crippen LogP contribution in [0, 0.1) is 0 Å². The molecular formula is C13H10F3N5O. The van der Waals surface area contributed by atoms with Crippen LogP contribution in [0.1, 0.15) is 5.56 Å². The summed E-state index contributed by atoms with van der Waals surface area (Å²) in [5, 5.41) is 14.5. The Bertz CT molecular complexity index is 762. The van der Waals surface area contributed by atoms with E-state index in [1.807, 2.05) is 0 Å². The summed E-state index contributed by atoms with van der Waals surface area (Å²) < 4.78 is 44.3. The van der Waals surface area contributed by atoms with Gasteiger partial charge in [-0.2, -0.15) is 18.3 Å². The first kappa shape index (κ1) is 14.1. The lowest BCUT2D eigenvalue weighted by atomic mass is 10.2. The van der Waals surface area contributed by atoms with Gasteiger partial charge < -0.3 is 9.73 Å². The number of rotatable bonds is 3. The van der Waals surface area contributed by atoms with Gasteiger partial charge in [-0.15, -0.1) is 10.2 Å². The summed E-state index contributed by atoms with van der Waals surface area (Å²) in [5.74, 6) is 0.675. The smallest absolute Gasteiger partial charge is 0.416 e. The molecule has 2 aromatic heterocycles. The minimum absolute atomic E-state index is 0.266. The van der Waals surface area contributed by atoms with E-state index in [0.29, 0.717) is 17.1 Å². The van der Waals surface area contributed by atoms with Crippen LogP contribution in [0.3, 0.4) is 0 Å². The van der Waals surface area contributed by atoms with Gasteiger partial charge in [0.05, 0.1) is 5.56 Å². The average Bonchev–Trinajstić information content (AvgIpc) is 3.08. The molecule has 114 valence electrons. The van der Waals surface area contributed by atoms with Gasteiger partial charge in [0.1, 0.15) is 5.56 Å². The minimum Gasteiger partial charge on any atom is -0.423 e. The van der Waals surface area contributed by atoms with Gasteiger partial charge >= 0.3 is 6.18 Å². The Morgan fingerprint density at radius 1 is 1.18 bits per heavy atom. The number of alkyl halides is 3. The first-order valence-corrected chi connectivity index (χ1v) is 6.18. The van der Waals surface area contributed by atoms with E-state index in [9.17, 15) is 13.2 Å². The van der Waals surface area contributed by atoms with Crippen molar-refractivity contribution < 1.29 is 17.6 Å². The summed E-state index contributed by atoms with van der Waals surface area (Å²) in [6.45, 7) is 0. The van der Waals surface area contributed by atoms with E-state index in [1.54, 1.807) is 13.2 Å². The van der Waals surface area contributed by atoms with E-state index in [1.165, 1.54) is 23.2 Å². The normalized spacial score (nSPS) is 11.6. The molecule has 2 heterocycles. The first-order chi connectivity index (χ1) is 10.4. The molecule has 0 saturated heterocycles. The summed E-state index contributed by atoms with van der Waals surface area (Å²) in [5.41, 5.74) is 0.309. The Balaban J connectivity index is 1.88. The summed E-state index contributed by atoms with van der Waals surface area (Å²) in [6.07, 6.45) is -1.51. The maximum atomic E-state index is 12.5. The van der Waals surface area contributed by atoms with E-state index in [-0.39, 0.29) is 5.89 Å². The molecule has 3 rings (SSSR count). The molecule has 9 heteroatoms. The number of nitrogens with zero attached hydrogens (tertiary/aromatic N) is 4. The molecule has 0 fully saturated rings. The molecule has 0 amide bonds. The molecule has 0 atom stereocenters. The van der Waals surface area contributed by atoms with E-state index in [2.05, 4.69) is 20.6 Å². The van der Waals surface area contributed by atoms with Crippen LogP contribution < -0.4 is 5.32 Å². The zero-order valence-corrected chi connectivity index (χ0v) is 11.3. The zero-order valence-electron chi connectivity index (χ0n) is 11.3. The van der Waals surface area contributed by atoms with Gasteiger partial charge in [0.25, 0.3) is 5.89 Å². The molecule has 3 aromatic rings. The second-order valence-electron chi connectivity index (χ2n) is 4.51. The molecule has 0 unspecified atom stereocenters. The lowest BCUT2D eigenvalue weighted by molar-refractivity contribution is -0.137. The van der Waals surface area contributed by atoms with Crippen molar-refractivity contribution in [1.29, 1.82) is 0 Å². The van der Waals surface area contributed by atoms with Gasteiger partial charge in [-0.1, -0.05) is 0 Å². The molecule has 0 aliphatic heterocycles. The number of hydrogen-bond acceptors (Lipinski definition) is 5. The van der Waals surface area contributed by atoms with Crippen molar-refractivity contribution in [2.24, 2.45) is 7.05 Å². The van der Waals surface area contributed by atoms with Crippen molar-refractivity contribution in [3.63, 3.8) is 0 Å². The predicted molar refractivity (Wildman–Crippen MR) is 71.2 cm³/mol. The van der Waals surface area contributed by atoms with Crippen molar-refractivity contribution in [3.8, 4) is 11.5 Å². The Hall–Kier alpha value is -2.84. The lowest BCUT2D eigenvalue weighted by Crippen LogP contribution is -2.04. The van der Waals surface area contributed by atoms with Gasteiger partial charge in [-0.05, 0) is 24.3 Å². The first-order valence-electron chi connectivity index (χ1n) is 6.18. The van der Waals surface area contributed by atoms with Crippen LogP contribution in [0.25, 0.3) is 11.5 Å². The number of hydrogen-bond donors (Lipinski definition) is 1. The molecule has 0 bridgehead atoms. The van der Waals surface area contributed by atoms with Crippen LogP contribution >= 0.6 is 0 Å². The Morgan fingerprint density at radius 3 is 2.50 bits per heavy atom. The number of nitrogens with one attached hydrogen (secondary N) is 1. The topological polar surface area (TPSA) is 68.8 Å². The van der Waals surface area contributed by atoms with Gasteiger partial charge in [-0.3, -0.25) is 4.68 Å². The summed E-state index contributed by atoms with van der Waals surface area (Å²) in [4.78, 5) is 0. The van der Waals surface area contributed by atoms with Gasteiger partial charge in [-0.25, -0.2) is 0 Å². The molecule has 0 aliphatic rings. The van der Waals surface area contributed by atoms with Crippen molar-refractivity contribution >= 4 is 11.5 Å². The molecule has 0 radical (unpaired) electrons. The third-order valence-corrected chi connectivity index (χ3v) is 2.89. The Morgan fingerprint density at radius 2 is 1.91 bits per heavy atom. The fourth-order valence-corrected chi connectivity index (χ4v) is 1.91. The van der Waals surface area contributed by atoms with Gasteiger partial charge in [0.2, 0.25) is 6.39 Å². The molecular weight excluding hydrogens is 299 g/mol. The number of benzene rings is 1. The second kappa shape index (κ2) is 5.17. The SMILES string of the molecule is Cn1cc(-c2nnco2)c(Nc2ccc(C(F)(F)F)cc2)n1. The average molecular weight is 309 g/mol. The van der Waals surface area contributed by atoms with Crippen LogP contribution in [0.15, 0.2) is 41.3 Å². The van der Waals surface area contributed by atoms with E-state index in [4.69, 9.17) is 4.42 Å². The third kappa shape index (κ3) is 2.78. The molecule has 1 N–H and O–H groups in total. The maximum absolute atomic E-state index is 12.5. The maximum Gasteiger partial charge on any atom is 0.416 e. The number of anilines is 2. The van der Waals surface area contributed by atoms with Crippen LogP contribution in [-0.4, -0.2) is 20.0 Å². The van der Waals surface area contributed by atoms with E-state index in [0.717, 1.165) is 12.1 Å². The molecule has 22 heavy (non-hydrogen) atoms. The van der Waals surface area contributed by atoms with Gasteiger partial charge in [0, 0.05) is 18.9 Å². The van der Waals surface area contributed by atoms with Crippen LogP contribution in [0.4, 0.5) is 24.7 Å². The Kier molecular flexibility index (Phi) is 3.32. The quantitative estimate of drug-likeness (QED) is 0.804. The number of aromatic nitrogens is 4. The van der Waals surface area contributed by atoms with Crippen molar-refractivity contribution in [1.82, 2.24) is 20.0 Å². The second-order valence-corrected chi connectivity index (χ2v) is 4.51. The highest BCUT2D eigenvalue weighted by Crippen LogP contribution is 2.31. The fraction of sp³-hybridized carbons (Fsp3) is 0.154. The summed E-state index contributed by atoms with van der Waals surface area (Å²) >= 11 is 0. The highest BCUT2D eigenvalue weighted by atomic mass is 19.4. The van der Waals surface area contributed by atoms with Gasteiger partial charge in [0.15, 0.2) is 5.82 Å². The number of halogens is 3. The monoisotopic (exact) mass is 309 g/mol. The van der Waals surface area contributed by atoms with E-state index < -0.39 is 11.7 Å². The molecule has 0 aliphatic carbocycles. The summed E-state index contributed by atoms with van der Waals surface area (Å²) in [7, 11) is 1.71. The minimum atomic E-state index is -4.36. The highest BCUT2D eigenvalue weighted by molar-refractivity contribution is 5.73. The third-order valence-electron chi connectivity index (χ3n) is 2.89. The van der Waals surface area contributed by atoms with Crippen LogP contribution in [0.2, 0.25) is 0 Å². The van der Waals surface area contributed by atoms with E-state index >= 15 is 0 Å². The molecule has 1 aromatic carbocycles. The zero-order chi connectivity index (χ0) is 15.7. The molecule has 0 saturated carbocycles. The molecule has 0 spiro atoms. The van der Waals surface area contributed by atoms with Crippen molar-refractivity contribution in [3.05, 3.63) is 42.4 Å². The lowest BCUT2D eigenvalue weighted by Gasteiger charge is -2.08. The van der Waals surface area contributed by atoms with Crippen molar-refractivity contribution in [2.45, 2.75) is 6.18 Å². The molecule has 6 nitrogen and oxygen atoms in total. The predicted octanol–water partition coefficient (Wildman–Crippen LogP) is 3.23. The standard InChI is InChI=1S/C13H10F3N5O/c1-21-6-10(12-19-17-7-22-12)11(20-21)18-9-4-2-8(3-5-9)13(14,15)16/h2-7H,1H3,(H,18,20). The Labute approximate surface area is 122 Å². The highest BCUT2D eigenvalue weighted by Gasteiger charge is 2.30. The van der Waals surface area contributed by atoms with Crippen molar-refractivity contribution in [2.75, 3.05) is 5.32 Å². The summed E-state index contributed by atoms with van der Waals surface area (Å²) in [6, 6.07) is 4.65. The van der Waals surface area contributed by atoms with Crippen LogP contribution in [-0.2, 0) is 13.2 Å². The number of aryl methyl sites for hydroxylation is 1. The largest absolute Gasteiger partial charge is 0.423 e. The van der Waals surface area contributed by atoms with Crippen LogP contribution in [0.5, 0.6) is 0 Å².